The molecule has 0 heterocycles. The maximum absolute atomic E-state index is 12.1. The molecule has 0 aliphatic carbocycles. The van der Waals surface area contributed by atoms with Gasteiger partial charge in [0.15, 0.2) is 6.61 Å². The third-order valence-corrected chi connectivity index (χ3v) is 5.84. The second-order valence-corrected chi connectivity index (χ2v) is 8.40. The van der Waals surface area contributed by atoms with Crippen molar-refractivity contribution in [3.05, 3.63) is 106 Å². The lowest BCUT2D eigenvalue weighted by atomic mass is 10.1. The number of hydrazone groups is 1. The Morgan fingerprint density at radius 3 is 2.64 bits per heavy atom. The molecule has 0 fully saturated rings. The van der Waals surface area contributed by atoms with Gasteiger partial charge < -0.3 is 9.47 Å². The summed E-state index contributed by atoms with van der Waals surface area (Å²) in [5.74, 6) is 0.935. The Morgan fingerprint density at radius 2 is 1.79 bits per heavy atom. The van der Waals surface area contributed by atoms with Crippen LogP contribution in [0, 0.1) is 0 Å². The maximum atomic E-state index is 12.1. The predicted molar refractivity (Wildman–Crippen MR) is 135 cm³/mol. The standard InChI is InChI=1S/C26H20BrClN2O3/c27-26-23-7-2-1-5-20(23)10-13-24(26)33-17-25(31)30-29-15-19-4-3-6-22(14-19)32-16-18-8-11-21(28)12-9-18/h1-15H,16-17H2,(H,30,31)/b29-15-. The zero-order chi connectivity index (χ0) is 23.0. The van der Waals surface area contributed by atoms with Crippen LogP contribution in [0.2, 0.25) is 5.02 Å². The van der Waals surface area contributed by atoms with E-state index < -0.39 is 0 Å². The van der Waals surface area contributed by atoms with Crippen LogP contribution in [0.25, 0.3) is 10.8 Å². The van der Waals surface area contributed by atoms with Crippen LogP contribution in [0.4, 0.5) is 0 Å². The zero-order valence-electron chi connectivity index (χ0n) is 17.5. The van der Waals surface area contributed by atoms with Gasteiger partial charge in [-0.2, -0.15) is 5.10 Å². The Balaban J connectivity index is 1.28. The van der Waals surface area contributed by atoms with Gasteiger partial charge in [-0.1, -0.05) is 66.2 Å². The highest BCUT2D eigenvalue weighted by Gasteiger charge is 2.08. The molecule has 0 saturated carbocycles. The van der Waals surface area contributed by atoms with Crippen LogP contribution in [0.5, 0.6) is 11.5 Å². The number of carbonyl (C=O) groups excluding carboxylic acids is 1. The molecule has 0 atom stereocenters. The first-order valence-corrected chi connectivity index (χ1v) is 11.3. The first kappa shape index (κ1) is 22.8. The number of ether oxygens (including phenoxy) is 2. The molecule has 1 amide bonds. The number of halogens is 2. The third kappa shape index (κ3) is 6.34. The van der Waals surface area contributed by atoms with Crippen molar-refractivity contribution in [1.29, 1.82) is 0 Å². The number of hydrogen-bond donors (Lipinski definition) is 1. The smallest absolute Gasteiger partial charge is 0.277 e. The second kappa shape index (κ2) is 11.0. The van der Waals surface area contributed by atoms with Crippen molar-refractivity contribution in [3.8, 4) is 11.5 Å². The van der Waals surface area contributed by atoms with E-state index in [1.54, 1.807) is 6.21 Å². The van der Waals surface area contributed by atoms with Crippen LogP contribution < -0.4 is 14.9 Å². The van der Waals surface area contributed by atoms with Gasteiger partial charge in [0, 0.05) is 5.02 Å². The summed E-state index contributed by atoms with van der Waals surface area (Å²) in [5.41, 5.74) is 4.29. The summed E-state index contributed by atoms with van der Waals surface area (Å²) in [6, 6.07) is 26.6. The third-order valence-electron chi connectivity index (χ3n) is 4.77. The molecule has 0 aliphatic heterocycles. The van der Waals surface area contributed by atoms with Gasteiger partial charge in [0.2, 0.25) is 0 Å². The summed E-state index contributed by atoms with van der Waals surface area (Å²) in [5, 5.41) is 6.81. The Morgan fingerprint density at radius 1 is 0.970 bits per heavy atom. The second-order valence-electron chi connectivity index (χ2n) is 7.17. The van der Waals surface area contributed by atoms with Gasteiger partial charge in [-0.3, -0.25) is 4.79 Å². The lowest BCUT2D eigenvalue weighted by Crippen LogP contribution is -2.24. The molecule has 0 spiro atoms. The summed E-state index contributed by atoms with van der Waals surface area (Å²) in [7, 11) is 0. The minimum atomic E-state index is -0.360. The maximum Gasteiger partial charge on any atom is 0.277 e. The van der Waals surface area contributed by atoms with E-state index in [4.69, 9.17) is 21.1 Å². The molecule has 0 bridgehead atoms. The fraction of sp³-hybridized carbons (Fsp3) is 0.0769. The van der Waals surface area contributed by atoms with Crippen molar-refractivity contribution < 1.29 is 14.3 Å². The van der Waals surface area contributed by atoms with Crippen LogP contribution in [0.3, 0.4) is 0 Å². The fourth-order valence-electron chi connectivity index (χ4n) is 3.11. The van der Waals surface area contributed by atoms with Gasteiger partial charge in [0.25, 0.3) is 5.91 Å². The highest BCUT2D eigenvalue weighted by Crippen LogP contribution is 2.32. The average molecular weight is 524 g/mol. The Bertz CT molecular complexity index is 1290. The lowest BCUT2D eigenvalue weighted by molar-refractivity contribution is -0.123. The molecule has 5 nitrogen and oxygen atoms in total. The first-order valence-electron chi connectivity index (χ1n) is 10.2. The summed E-state index contributed by atoms with van der Waals surface area (Å²) >= 11 is 9.45. The molecule has 1 N–H and O–H groups in total. The van der Waals surface area contributed by atoms with E-state index in [2.05, 4.69) is 26.5 Å². The molecule has 4 rings (SSSR count). The largest absolute Gasteiger partial charge is 0.489 e. The molecule has 7 heteroatoms. The molecular formula is C26H20BrClN2O3. The Labute approximate surface area is 205 Å². The molecule has 4 aromatic carbocycles. The number of fused-ring (bicyclic) bond motifs is 1. The molecular weight excluding hydrogens is 504 g/mol. The molecule has 0 unspecified atom stereocenters. The van der Waals surface area contributed by atoms with Gasteiger partial charge in [0.1, 0.15) is 18.1 Å². The molecule has 166 valence electrons. The van der Waals surface area contributed by atoms with Crippen molar-refractivity contribution in [2.45, 2.75) is 6.61 Å². The van der Waals surface area contributed by atoms with E-state index in [-0.39, 0.29) is 12.5 Å². The topological polar surface area (TPSA) is 59.9 Å². The SMILES string of the molecule is O=C(COc1ccc2ccccc2c1Br)N/N=C\c1cccc(OCc2ccc(Cl)cc2)c1. The number of nitrogens with one attached hydrogen (secondary N) is 1. The van der Waals surface area contributed by atoms with Crippen LogP contribution in [-0.4, -0.2) is 18.7 Å². The predicted octanol–water partition coefficient (Wildman–Crippen LogP) is 6.36. The molecule has 0 aromatic heterocycles. The van der Waals surface area contributed by atoms with Crippen LogP contribution in [0.15, 0.2) is 94.5 Å². The van der Waals surface area contributed by atoms with Crippen molar-refractivity contribution in [2.24, 2.45) is 5.10 Å². The van der Waals surface area contributed by atoms with Crippen molar-refractivity contribution in [3.63, 3.8) is 0 Å². The summed E-state index contributed by atoms with van der Waals surface area (Å²) in [4.78, 5) is 12.1. The Hall–Kier alpha value is -3.35. The number of amides is 1. The van der Waals surface area contributed by atoms with Gasteiger partial charge in [-0.25, -0.2) is 5.43 Å². The van der Waals surface area contributed by atoms with Crippen molar-refractivity contribution in [1.82, 2.24) is 5.43 Å². The highest BCUT2D eigenvalue weighted by atomic mass is 79.9. The van der Waals surface area contributed by atoms with E-state index in [1.807, 2.05) is 84.9 Å². The number of rotatable bonds is 8. The summed E-state index contributed by atoms with van der Waals surface area (Å²) in [6.07, 6.45) is 1.55. The molecule has 4 aromatic rings. The minimum absolute atomic E-state index is 0.154. The number of nitrogens with zero attached hydrogens (tertiary/aromatic N) is 1. The summed E-state index contributed by atoms with van der Waals surface area (Å²) < 4.78 is 12.3. The van der Waals surface area contributed by atoms with Crippen LogP contribution in [-0.2, 0) is 11.4 Å². The van der Waals surface area contributed by atoms with Crippen LogP contribution in [0.1, 0.15) is 11.1 Å². The monoisotopic (exact) mass is 522 g/mol. The van der Waals surface area contributed by atoms with Crippen molar-refractivity contribution >= 4 is 50.4 Å². The quantitative estimate of drug-likeness (QED) is 0.216. The molecule has 0 radical (unpaired) electrons. The van der Waals surface area contributed by atoms with Gasteiger partial charge in [-0.05, 0) is 68.2 Å². The summed E-state index contributed by atoms with van der Waals surface area (Å²) in [6.45, 7) is 0.273. The van der Waals surface area contributed by atoms with Gasteiger partial charge >= 0.3 is 0 Å². The first-order chi connectivity index (χ1) is 16.1. The van der Waals surface area contributed by atoms with E-state index in [0.717, 1.165) is 26.4 Å². The van der Waals surface area contributed by atoms with E-state index in [9.17, 15) is 4.79 Å². The van der Waals surface area contributed by atoms with Crippen molar-refractivity contribution in [2.75, 3.05) is 6.61 Å². The number of benzene rings is 4. The van der Waals surface area contributed by atoms with Gasteiger partial charge in [-0.15, -0.1) is 0 Å². The lowest BCUT2D eigenvalue weighted by Gasteiger charge is -2.09. The fourth-order valence-corrected chi connectivity index (χ4v) is 3.85. The van der Waals surface area contributed by atoms with Gasteiger partial charge in [0.05, 0.1) is 10.7 Å². The van der Waals surface area contributed by atoms with E-state index in [0.29, 0.717) is 23.1 Å². The molecule has 0 aliphatic rings. The van der Waals surface area contributed by atoms with E-state index >= 15 is 0 Å². The zero-order valence-corrected chi connectivity index (χ0v) is 19.8. The minimum Gasteiger partial charge on any atom is -0.489 e. The normalized spacial score (nSPS) is 11.0. The Kier molecular flexibility index (Phi) is 7.60. The number of carbonyl (C=O) groups is 1. The highest BCUT2D eigenvalue weighted by molar-refractivity contribution is 9.10. The average Bonchev–Trinajstić information content (AvgIpc) is 2.84. The number of hydrogen-bond acceptors (Lipinski definition) is 4. The van der Waals surface area contributed by atoms with Crippen LogP contribution >= 0.6 is 27.5 Å². The molecule has 33 heavy (non-hydrogen) atoms. The van der Waals surface area contributed by atoms with E-state index in [1.165, 1.54) is 0 Å². The molecule has 0 saturated heterocycles.